The number of hydrogen-bond donors (Lipinski definition) is 3. The molecule has 0 aromatic carbocycles. The third-order valence-electron chi connectivity index (χ3n) is 3.42. The summed E-state index contributed by atoms with van der Waals surface area (Å²) >= 11 is 0. The second-order valence-electron chi connectivity index (χ2n) is 5.83. The fraction of sp³-hybridized carbons (Fsp3) is 0.278. The van der Waals surface area contributed by atoms with Crippen LogP contribution in [0.25, 0.3) is 0 Å². The van der Waals surface area contributed by atoms with E-state index in [-0.39, 0.29) is 36.7 Å². The van der Waals surface area contributed by atoms with Crippen LogP contribution in [0.5, 0.6) is 0 Å². The Bertz CT molecular complexity index is 777. The van der Waals surface area contributed by atoms with Gasteiger partial charge in [0.2, 0.25) is 5.91 Å². The minimum Gasteiger partial charge on any atom is -0.350 e. The van der Waals surface area contributed by atoms with Crippen molar-refractivity contribution in [2.24, 2.45) is 5.92 Å². The number of rotatable bonds is 7. The lowest BCUT2D eigenvalue weighted by Gasteiger charge is -2.09. The molecule has 0 saturated carbocycles. The van der Waals surface area contributed by atoms with E-state index in [1.165, 1.54) is 18.5 Å². The van der Waals surface area contributed by atoms with E-state index in [0.29, 0.717) is 16.9 Å². The minimum absolute atomic E-state index is 0.173. The third kappa shape index (κ3) is 5.66. The Balaban J connectivity index is 1.81. The summed E-state index contributed by atoms with van der Waals surface area (Å²) in [6.45, 7) is 4.08. The van der Waals surface area contributed by atoms with Gasteiger partial charge in [-0.3, -0.25) is 19.4 Å². The maximum Gasteiger partial charge on any atom is 0.252 e. The number of carbonyl (C=O) groups is 3. The van der Waals surface area contributed by atoms with E-state index in [4.69, 9.17) is 0 Å². The summed E-state index contributed by atoms with van der Waals surface area (Å²) in [5.74, 6) is -0.606. The smallest absolute Gasteiger partial charge is 0.252 e. The van der Waals surface area contributed by atoms with Gasteiger partial charge in [-0.25, -0.2) is 4.98 Å². The molecular weight excluding hydrogens is 334 g/mol. The molecule has 0 spiro atoms. The quantitative estimate of drug-likeness (QED) is 0.647. The van der Waals surface area contributed by atoms with E-state index in [0.717, 1.165) is 0 Å². The van der Waals surface area contributed by atoms with E-state index in [2.05, 4.69) is 25.9 Å². The van der Waals surface area contributed by atoms with Gasteiger partial charge in [0.05, 0.1) is 5.56 Å². The van der Waals surface area contributed by atoms with E-state index in [9.17, 15) is 14.4 Å². The van der Waals surface area contributed by atoms with E-state index >= 15 is 0 Å². The molecule has 26 heavy (non-hydrogen) atoms. The minimum atomic E-state index is -0.317. The standard InChI is InChI=1S/C18H21N5O3/c1-12(2)16(24)23-15-10-13(5-7-20-15)17(25)21-8-9-22-18(26)14-4-3-6-19-11-14/h3-7,10-12H,8-9H2,1-2H3,(H,21,25)(H,22,26)(H,20,23,24). The highest BCUT2D eigenvalue weighted by molar-refractivity contribution is 5.97. The van der Waals surface area contributed by atoms with Crippen LogP contribution >= 0.6 is 0 Å². The molecule has 3 amide bonds. The average molecular weight is 355 g/mol. The lowest BCUT2D eigenvalue weighted by molar-refractivity contribution is -0.118. The first-order valence-electron chi connectivity index (χ1n) is 8.20. The number of pyridine rings is 2. The molecule has 3 N–H and O–H groups in total. The Labute approximate surface area is 151 Å². The van der Waals surface area contributed by atoms with Gasteiger partial charge in [0, 0.05) is 43.2 Å². The number of anilines is 1. The van der Waals surface area contributed by atoms with Crippen LogP contribution in [0.1, 0.15) is 34.6 Å². The molecule has 2 aromatic rings. The van der Waals surface area contributed by atoms with Crippen LogP contribution in [0.4, 0.5) is 5.82 Å². The fourth-order valence-electron chi connectivity index (χ4n) is 1.96. The zero-order valence-corrected chi connectivity index (χ0v) is 14.7. The summed E-state index contributed by atoms with van der Waals surface area (Å²) in [5, 5.41) is 8.04. The van der Waals surface area contributed by atoms with Gasteiger partial charge in [-0.15, -0.1) is 0 Å². The van der Waals surface area contributed by atoms with Gasteiger partial charge < -0.3 is 16.0 Å². The maximum atomic E-state index is 12.2. The number of amides is 3. The molecule has 2 rings (SSSR count). The van der Waals surface area contributed by atoms with Crippen molar-refractivity contribution >= 4 is 23.5 Å². The predicted octanol–water partition coefficient (Wildman–Crippen LogP) is 1.23. The van der Waals surface area contributed by atoms with Crippen molar-refractivity contribution < 1.29 is 14.4 Å². The number of carbonyl (C=O) groups excluding carboxylic acids is 3. The number of nitrogens with one attached hydrogen (secondary N) is 3. The maximum absolute atomic E-state index is 12.2. The lowest BCUT2D eigenvalue weighted by Crippen LogP contribution is -2.34. The third-order valence-corrected chi connectivity index (χ3v) is 3.42. The molecular formula is C18H21N5O3. The van der Waals surface area contributed by atoms with Gasteiger partial charge in [0.15, 0.2) is 0 Å². The second kappa shape index (κ2) is 9.26. The highest BCUT2D eigenvalue weighted by atomic mass is 16.2. The predicted molar refractivity (Wildman–Crippen MR) is 96.6 cm³/mol. The van der Waals surface area contributed by atoms with Crippen LogP contribution in [-0.4, -0.2) is 40.8 Å². The van der Waals surface area contributed by atoms with Gasteiger partial charge in [-0.2, -0.15) is 0 Å². The highest BCUT2D eigenvalue weighted by Crippen LogP contribution is 2.08. The average Bonchev–Trinajstić information content (AvgIpc) is 2.65. The first kappa shape index (κ1) is 19.0. The summed E-state index contributed by atoms with van der Waals surface area (Å²) in [4.78, 5) is 43.6. The molecule has 0 radical (unpaired) electrons. The van der Waals surface area contributed by atoms with Gasteiger partial charge in [0.25, 0.3) is 11.8 Å². The van der Waals surface area contributed by atoms with Crippen LogP contribution in [0.2, 0.25) is 0 Å². The van der Waals surface area contributed by atoms with Crippen LogP contribution in [-0.2, 0) is 4.79 Å². The van der Waals surface area contributed by atoms with Gasteiger partial charge >= 0.3 is 0 Å². The lowest BCUT2D eigenvalue weighted by atomic mass is 10.2. The fourth-order valence-corrected chi connectivity index (χ4v) is 1.96. The second-order valence-corrected chi connectivity index (χ2v) is 5.83. The van der Waals surface area contributed by atoms with Crippen molar-refractivity contribution in [1.82, 2.24) is 20.6 Å². The van der Waals surface area contributed by atoms with Gasteiger partial charge in [-0.05, 0) is 24.3 Å². The molecule has 2 aromatic heterocycles. The van der Waals surface area contributed by atoms with Crippen molar-refractivity contribution in [3.05, 3.63) is 54.0 Å². The molecule has 136 valence electrons. The monoisotopic (exact) mass is 355 g/mol. The Hall–Kier alpha value is -3.29. The van der Waals surface area contributed by atoms with Crippen LogP contribution in [0, 0.1) is 5.92 Å². The summed E-state index contributed by atoms with van der Waals surface area (Å²) in [5.41, 5.74) is 0.830. The molecule has 8 heteroatoms. The highest BCUT2D eigenvalue weighted by Gasteiger charge is 2.11. The number of nitrogens with zero attached hydrogens (tertiary/aromatic N) is 2. The van der Waals surface area contributed by atoms with Crippen molar-refractivity contribution in [1.29, 1.82) is 0 Å². The largest absolute Gasteiger partial charge is 0.350 e. The summed E-state index contributed by atoms with van der Waals surface area (Å²) in [7, 11) is 0. The molecule has 0 aliphatic rings. The molecule has 0 aliphatic heterocycles. The normalized spacial score (nSPS) is 10.3. The molecule has 8 nitrogen and oxygen atoms in total. The zero-order chi connectivity index (χ0) is 18.9. The number of aromatic nitrogens is 2. The molecule has 0 saturated heterocycles. The van der Waals surface area contributed by atoms with Crippen LogP contribution < -0.4 is 16.0 Å². The first-order chi connectivity index (χ1) is 12.5. The van der Waals surface area contributed by atoms with Crippen molar-refractivity contribution in [3.63, 3.8) is 0 Å². The Morgan fingerprint density at radius 3 is 2.31 bits per heavy atom. The van der Waals surface area contributed by atoms with Crippen LogP contribution in [0.15, 0.2) is 42.9 Å². The Kier molecular flexibility index (Phi) is 6.78. The van der Waals surface area contributed by atoms with E-state index < -0.39 is 0 Å². The number of hydrogen-bond acceptors (Lipinski definition) is 5. The summed E-state index contributed by atoms with van der Waals surface area (Å²) in [6, 6.07) is 6.39. The van der Waals surface area contributed by atoms with E-state index in [1.54, 1.807) is 38.2 Å². The SMILES string of the molecule is CC(C)C(=O)Nc1cc(C(=O)NCCNC(=O)c2cccnc2)ccn1. The first-order valence-corrected chi connectivity index (χ1v) is 8.20. The molecule has 0 unspecified atom stereocenters. The topological polar surface area (TPSA) is 113 Å². The van der Waals surface area contributed by atoms with Gasteiger partial charge in [0.1, 0.15) is 5.82 Å². The summed E-state index contributed by atoms with van der Waals surface area (Å²) in [6.07, 6.45) is 4.51. The van der Waals surface area contributed by atoms with Gasteiger partial charge in [-0.1, -0.05) is 13.8 Å². The Morgan fingerprint density at radius 2 is 1.69 bits per heavy atom. The summed E-state index contributed by atoms with van der Waals surface area (Å²) < 4.78 is 0. The van der Waals surface area contributed by atoms with E-state index in [1.807, 2.05) is 0 Å². The zero-order valence-electron chi connectivity index (χ0n) is 14.7. The molecule has 0 bridgehead atoms. The molecule has 2 heterocycles. The molecule has 0 aliphatic carbocycles. The van der Waals surface area contributed by atoms with Crippen molar-refractivity contribution in [2.75, 3.05) is 18.4 Å². The van der Waals surface area contributed by atoms with Crippen molar-refractivity contribution in [2.45, 2.75) is 13.8 Å². The molecule has 0 fully saturated rings. The Morgan fingerprint density at radius 1 is 1.00 bits per heavy atom. The van der Waals surface area contributed by atoms with Crippen molar-refractivity contribution in [3.8, 4) is 0 Å². The van der Waals surface area contributed by atoms with Crippen LogP contribution in [0.3, 0.4) is 0 Å². The molecule has 0 atom stereocenters.